The van der Waals surface area contributed by atoms with Crippen LogP contribution in [0.3, 0.4) is 0 Å². The summed E-state index contributed by atoms with van der Waals surface area (Å²) >= 11 is 0. The SMILES string of the molecule is Cc1cc(NC(=O)N(C)CCC(C)C)ccc1C(=O)O. The van der Waals surface area contributed by atoms with Crippen molar-refractivity contribution in [1.82, 2.24) is 4.90 Å². The molecule has 0 spiro atoms. The zero-order valence-electron chi connectivity index (χ0n) is 12.4. The second-order valence-corrected chi connectivity index (χ2v) is 5.37. The van der Waals surface area contributed by atoms with Gasteiger partial charge in [-0.1, -0.05) is 13.8 Å². The van der Waals surface area contributed by atoms with Crippen LogP contribution in [0.25, 0.3) is 0 Å². The number of rotatable bonds is 5. The van der Waals surface area contributed by atoms with E-state index in [1.165, 1.54) is 6.07 Å². The molecule has 110 valence electrons. The third kappa shape index (κ3) is 4.57. The van der Waals surface area contributed by atoms with Crippen LogP contribution in [0.15, 0.2) is 18.2 Å². The van der Waals surface area contributed by atoms with Crippen molar-refractivity contribution in [1.29, 1.82) is 0 Å². The Morgan fingerprint density at radius 1 is 1.35 bits per heavy atom. The lowest BCUT2D eigenvalue weighted by Gasteiger charge is -2.19. The highest BCUT2D eigenvalue weighted by Crippen LogP contribution is 2.15. The molecule has 2 amide bonds. The largest absolute Gasteiger partial charge is 0.478 e. The van der Waals surface area contributed by atoms with E-state index in [2.05, 4.69) is 19.2 Å². The monoisotopic (exact) mass is 278 g/mol. The van der Waals surface area contributed by atoms with Crippen LogP contribution in [-0.2, 0) is 0 Å². The zero-order valence-corrected chi connectivity index (χ0v) is 12.4. The summed E-state index contributed by atoms with van der Waals surface area (Å²) in [5.74, 6) is -0.420. The molecule has 0 aliphatic rings. The number of benzene rings is 1. The summed E-state index contributed by atoms with van der Waals surface area (Å²) in [4.78, 5) is 24.5. The number of aryl methyl sites for hydroxylation is 1. The first-order chi connectivity index (χ1) is 9.31. The molecule has 0 unspecified atom stereocenters. The number of hydrogen-bond donors (Lipinski definition) is 2. The Kier molecular flexibility index (Phi) is 5.55. The molecule has 0 saturated heterocycles. The van der Waals surface area contributed by atoms with E-state index in [-0.39, 0.29) is 11.6 Å². The van der Waals surface area contributed by atoms with Crippen molar-refractivity contribution in [3.8, 4) is 0 Å². The van der Waals surface area contributed by atoms with Gasteiger partial charge in [-0.05, 0) is 43.0 Å². The molecule has 0 aromatic heterocycles. The number of amides is 2. The number of hydrogen-bond acceptors (Lipinski definition) is 2. The first kappa shape index (κ1) is 16.0. The van der Waals surface area contributed by atoms with Crippen LogP contribution in [0.5, 0.6) is 0 Å². The van der Waals surface area contributed by atoms with Crippen molar-refractivity contribution >= 4 is 17.7 Å². The topological polar surface area (TPSA) is 69.6 Å². The molecule has 0 atom stereocenters. The van der Waals surface area contributed by atoms with E-state index in [9.17, 15) is 9.59 Å². The van der Waals surface area contributed by atoms with E-state index in [0.29, 0.717) is 23.7 Å². The standard InChI is InChI=1S/C15H22N2O3/c1-10(2)7-8-17(4)15(20)16-12-5-6-13(14(18)19)11(3)9-12/h5-6,9-10H,7-8H2,1-4H3,(H,16,20)(H,18,19). The van der Waals surface area contributed by atoms with Gasteiger partial charge in [-0.3, -0.25) is 0 Å². The summed E-state index contributed by atoms with van der Waals surface area (Å²) in [5, 5.41) is 11.7. The summed E-state index contributed by atoms with van der Waals surface area (Å²) in [5.41, 5.74) is 1.48. The number of anilines is 1. The van der Waals surface area contributed by atoms with Crippen LogP contribution in [0.1, 0.15) is 36.2 Å². The van der Waals surface area contributed by atoms with Crippen molar-refractivity contribution in [3.63, 3.8) is 0 Å². The molecule has 2 N–H and O–H groups in total. The molecule has 1 rings (SSSR count). The van der Waals surface area contributed by atoms with Gasteiger partial charge in [-0.25, -0.2) is 9.59 Å². The third-order valence-electron chi connectivity index (χ3n) is 3.10. The van der Waals surface area contributed by atoms with Crippen molar-refractivity contribution in [2.45, 2.75) is 27.2 Å². The molecule has 1 aromatic rings. The van der Waals surface area contributed by atoms with E-state index in [0.717, 1.165) is 6.42 Å². The molecule has 1 aromatic carbocycles. The fraction of sp³-hybridized carbons (Fsp3) is 0.467. The molecule has 5 nitrogen and oxygen atoms in total. The Morgan fingerprint density at radius 3 is 2.50 bits per heavy atom. The highest BCUT2D eigenvalue weighted by atomic mass is 16.4. The Morgan fingerprint density at radius 2 is 2.00 bits per heavy atom. The van der Waals surface area contributed by atoms with Crippen LogP contribution in [0.4, 0.5) is 10.5 Å². The summed E-state index contributed by atoms with van der Waals surface area (Å²) < 4.78 is 0. The van der Waals surface area contributed by atoms with Crippen LogP contribution >= 0.6 is 0 Å². The summed E-state index contributed by atoms with van der Waals surface area (Å²) in [6, 6.07) is 4.58. The minimum Gasteiger partial charge on any atom is -0.478 e. The molecule has 0 aliphatic heterocycles. The minimum absolute atomic E-state index is 0.187. The third-order valence-corrected chi connectivity index (χ3v) is 3.10. The summed E-state index contributed by atoms with van der Waals surface area (Å²) in [6.07, 6.45) is 0.945. The molecule has 0 saturated carbocycles. The first-order valence-electron chi connectivity index (χ1n) is 6.67. The summed E-state index contributed by atoms with van der Waals surface area (Å²) in [6.45, 7) is 6.62. The van der Waals surface area contributed by atoms with Crippen molar-refractivity contribution < 1.29 is 14.7 Å². The van der Waals surface area contributed by atoms with Gasteiger partial charge in [0.1, 0.15) is 0 Å². The number of carbonyl (C=O) groups excluding carboxylic acids is 1. The fourth-order valence-electron chi connectivity index (χ4n) is 1.75. The van der Waals surface area contributed by atoms with Gasteiger partial charge < -0.3 is 15.3 Å². The molecule has 0 radical (unpaired) electrons. The Balaban J connectivity index is 2.66. The van der Waals surface area contributed by atoms with Crippen molar-refractivity contribution in [3.05, 3.63) is 29.3 Å². The van der Waals surface area contributed by atoms with Gasteiger partial charge in [0.15, 0.2) is 0 Å². The number of aromatic carboxylic acids is 1. The second-order valence-electron chi connectivity index (χ2n) is 5.37. The van der Waals surface area contributed by atoms with Crippen LogP contribution in [0.2, 0.25) is 0 Å². The molecule has 5 heteroatoms. The molecule has 0 aliphatic carbocycles. The van der Waals surface area contributed by atoms with E-state index < -0.39 is 5.97 Å². The normalized spacial score (nSPS) is 10.4. The lowest BCUT2D eigenvalue weighted by Crippen LogP contribution is -2.32. The van der Waals surface area contributed by atoms with E-state index in [1.807, 2.05) is 0 Å². The molecule has 0 heterocycles. The average Bonchev–Trinajstić information content (AvgIpc) is 2.35. The molecular formula is C15H22N2O3. The maximum absolute atomic E-state index is 12.0. The number of carboxylic acids is 1. The highest BCUT2D eigenvalue weighted by Gasteiger charge is 2.11. The van der Waals surface area contributed by atoms with Crippen molar-refractivity contribution in [2.24, 2.45) is 5.92 Å². The maximum atomic E-state index is 12.0. The van der Waals surface area contributed by atoms with Gasteiger partial charge in [-0.2, -0.15) is 0 Å². The lowest BCUT2D eigenvalue weighted by atomic mass is 10.1. The number of nitrogens with zero attached hydrogens (tertiary/aromatic N) is 1. The maximum Gasteiger partial charge on any atom is 0.335 e. The molecule has 20 heavy (non-hydrogen) atoms. The zero-order chi connectivity index (χ0) is 15.3. The average molecular weight is 278 g/mol. The quantitative estimate of drug-likeness (QED) is 0.869. The second kappa shape index (κ2) is 6.93. The predicted octanol–water partition coefficient (Wildman–Crippen LogP) is 3.20. The van der Waals surface area contributed by atoms with E-state index in [4.69, 9.17) is 5.11 Å². The van der Waals surface area contributed by atoms with Crippen molar-refractivity contribution in [2.75, 3.05) is 18.9 Å². The van der Waals surface area contributed by atoms with Gasteiger partial charge >= 0.3 is 12.0 Å². The van der Waals surface area contributed by atoms with Gasteiger partial charge in [0, 0.05) is 19.3 Å². The molecule has 0 bridgehead atoms. The number of carbonyl (C=O) groups is 2. The Labute approximate surface area is 119 Å². The lowest BCUT2D eigenvalue weighted by molar-refractivity contribution is 0.0696. The first-order valence-corrected chi connectivity index (χ1v) is 6.67. The van der Waals surface area contributed by atoms with Gasteiger partial charge in [-0.15, -0.1) is 0 Å². The van der Waals surface area contributed by atoms with Gasteiger partial charge in [0.05, 0.1) is 5.56 Å². The minimum atomic E-state index is -0.963. The van der Waals surface area contributed by atoms with Crippen LogP contribution in [0, 0.1) is 12.8 Å². The fourth-order valence-corrected chi connectivity index (χ4v) is 1.75. The summed E-state index contributed by atoms with van der Waals surface area (Å²) in [7, 11) is 1.75. The van der Waals surface area contributed by atoms with E-state index >= 15 is 0 Å². The smallest absolute Gasteiger partial charge is 0.335 e. The Bertz CT molecular complexity index is 498. The number of urea groups is 1. The molecule has 0 fully saturated rings. The van der Waals surface area contributed by atoms with Gasteiger partial charge in [0.2, 0.25) is 0 Å². The van der Waals surface area contributed by atoms with E-state index in [1.54, 1.807) is 31.0 Å². The number of carboxylic acid groups (broad SMARTS) is 1. The van der Waals surface area contributed by atoms with Gasteiger partial charge in [0.25, 0.3) is 0 Å². The Hall–Kier alpha value is -2.04. The van der Waals surface area contributed by atoms with Crippen LogP contribution in [-0.4, -0.2) is 35.6 Å². The highest BCUT2D eigenvalue weighted by molar-refractivity contribution is 5.92. The van der Waals surface area contributed by atoms with Crippen LogP contribution < -0.4 is 5.32 Å². The molecular weight excluding hydrogens is 256 g/mol. The predicted molar refractivity (Wildman–Crippen MR) is 79.2 cm³/mol. The number of nitrogens with one attached hydrogen (secondary N) is 1.